The molecule has 4 N–H and O–H groups in total. The minimum absolute atomic E-state index is 0. The maximum Gasteiger partial charge on any atom is 0.373 e. The Morgan fingerprint density at radius 2 is 0.903 bits per heavy atom. The molecule has 2 saturated carbocycles. The Bertz CT molecular complexity index is 562. The molecule has 2 heterocycles. The molecule has 2 saturated heterocycles. The molecule has 0 radical (unpaired) electrons. The smallest absolute Gasteiger partial charge is 0.326 e. The van der Waals surface area contributed by atoms with Gasteiger partial charge in [0.15, 0.2) is 0 Å². The van der Waals surface area contributed by atoms with Crippen LogP contribution >= 0.6 is 0 Å². The first kappa shape index (κ1) is 29.6. The highest BCUT2D eigenvalue weighted by atomic mass is 16.2. The quantitative estimate of drug-likeness (QED) is 0.584. The minimum Gasteiger partial charge on any atom is -0.326 e. The van der Waals surface area contributed by atoms with Crippen LogP contribution in [0.4, 0.5) is 0 Å². The van der Waals surface area contributed by atoms with Crippen molar-refractivity contribution in [3.63, 3.8) is 0 Å². The van der Waals surface area contributed by atoms with Crippen LogP contribution < -0.4 is 11.5 Å². The largest absolute Gasteiger partial charge is 0.373 e. The molecule has 0 spiro atoms. The van der Waals surface area contributed by atoms with Gasteiger partial charge in [0.2, 0.25) is 0 Å². The molecule has 4 bridgehead atoms. The topological polar surface area (TPSA) is 127 Å². The highest BCUT2D eigenvalue weighted by Crippen LogP contribution is 2.41. The van der Waals surface area contributed by atoms with E-state index in [1.807, 2.05) is 0 Å². The summed E-state index contributed by atoms with van der Waals surface area (Å²) < 4.78 is 0. The number of fused-ring (bicyclic) bond motifs is 4. The Morgan fingerprint density at radius 3 is 1.03 bits per heavy atom. The highest BCUT2D eigenvalue weighted by molar-refractivity contribution is 5.20. The van der Waals surface area contributed by atoms with Crippen molar-refractivity contribution in [2.24, 2.45) is 23.3 Å². The van der Waals surface area contributed by atoms with E-state index in [-0.39, 0.29) is 19.7 Å². The first-order chi connectivity index (χ1) is 13.8. The van der Waals surface area contributed by atoms with Crippen molar-refractivity contribution in [1.82, 2.24) is 9.80 Å². The van der Waals surface area contributed by atoms with Crippen LogP contribution in [0.3, 0.4) is 0 Å². The van der Waals surface area contributed by atoms with Crippen LogP contribution in [0.25, 0.3) is 0 Å². The van der Waals surface area contributed by atoms with Crippen LogP contribution in [0.2, 0.25) is 0 Å². The molecule has 8 heteroatoms. The minimum atomic E-state index is 0. The van der Waals surface area contributed by atoms with Gasteiger partial charge in [0.05, 0.1) is 0 Å². The molecule has 0 amide bonds. The maximum atomic E-state index is 8.12. The summed E-state index contributed by atoms with van der Waals surface area (Å²) in [5.41, 5.74) is 12.8. The van der Waals surface area contributed by atoms with E-state index in [2.05, 4.69) is 51.3 Å². The van der Waals surface area contributed by atoms with E-state index in [1.54, 1.807) is 0 Å². The van der Waals surface area contributed by atoms with Gasteiger partial charge >= 0.3 is 12.3 Å². The molecule has 180 valence electrons. The second-order valence-corrected chi connectivity index (χ2v) is 11.0. The summed E-state index contributed by atoms with van der Waals surface area (Å²) in [4.78, 5) is 37.7. The molecule has 6 atom stereocenters. The highest BCUT2D eigenvalue weighted by Gasteiger charge is 2.47. The first-order valence-corrected chi connectivity index (χ1v) is 10.8. The summed E-state index contributed by atoms with van der Waals surface area (Å²) in [7, 11) is 0. The molecular weight excluding hydrogens is 396 g/mol. The predicted molar refractivity (Wildman–Crippen MR) is 119 cm³/mol. The molecule has 0 aromatic carbocycles. The third kappa shape index (κ3) is 7.90. The fraction of sp³-hybridized carbons (Fsp3) is 0.913. The number of rotatable bonds is 0. The number of nitrogens with two attached hydrogens (primary N) is 2. The number of piperidine rings is 2. The van der Waals surface area contributed by atoms with Gasteiger partial charge in [0, 0.05) is 48.3 Å². The van der Waals surface area contributed by atoms with Crippen LogP contribution in [0, 0.1) is 11.8 Å². The summed E-state index contributed by atoms with van der Waals surface area (Å²) in [5, 5.41) is 0. The average molecular weight is 441 g/mol. The molecule has 0 aromatic heterocycles. The van der Waals surface area contributed by atoms with Crippen LogP contribution in [-0.4, -0.2) is 70.4 Å². The van der Waals surface area contributed by atoms with Gasteiger partial charge in [0.25, 0.3) is 0 Å². The summed E-state index contributed by atoms with van der Waals surface area (Å²) in [6, 6.07) is 2.25. The van der Waals surface area contributed by atoms with E-state index in [0.717, 1.165) is 11.8 Å². The van der Waals surface area contributed by atoms with Crippen LogP contribution in [-0.2, 0) is 19.2 Å². The Hall–Kier alpha value is -1.40. The van der Waals surface area contributed by atoms with E-state index in [4.69, 9.17) is 30.6 Å². The molecule has 2 aliphatic heterocycles. The molecule has 6 unspecified atom stereocenters. The van der Waals surface area contributed by atoms with Crippen molar-refractivity contribution in [1.29, 1.82) is 0 Å². The molecule has 4 rings (SSSR count). The van der Waals surface area contributed by atoms with E-state index < -0.39 is 0 Å². The lowest BCUT2D eigenvalue weighted by molar-refractivity contribution is -0.193. The van der Waals surface area contributed by atoms with Crippen molar-refractivity contribution in [2.75, 3.05) is 13.1 Å². The Kier molecular flexibility index (Phi) is 11.5. The second-order valence-electron chi connectivity index (χ2n) is 11.0. The Balaban J connectivity index is 0.000000453. The van der Waals surface area contributed by atoms with Crippen LogP contribution in [0.1, 0.15) is 74.7 Å². The van der Waals surface area contributed by atoms with Gasteiger partial charge in [-0.25, -0.2) is 0 Å². The summed E-state index contributed by atoms with van der Waals surface area (Å²) >= 11 is 0. The van der Waals surface area contributed by atoms with Crippen LogP contribution in [0.5, 0.6) is 0 Å². The molecule has 2 aliphatic carbocycles. The monoisotopic (exact) mass is 440 g/mol. The molecule has 4 fully saturated rings. The summed E-state index contributed by atoms with van der Waals surface area (Å²) in [5.74, 6) is 1.79. The molecule has 0 aromatic rings. The Morgan fingerprint density at radius 1 is 0.645 bits per heavy atom. The Labute approximate surface area is 188 Å². The molecule has 4 aliphatic rings. The van der Waals surface area contributed by atoms with Gasteiger partial charge in [0.1, 0.15) is 0 Å². The van der Waals surface area contributed by atoms with E-state index in [0.29, 0.717) is 35.2 Å². The number of nitrogens with zero attached hydrogens (tertiary/aromatic N) is 2. The van der Waals surface area contributed by atoms with Crippen molar-refractivity contribution >= 4 is 12.3 Å². The standard InChI is InChI=1S/2C10H20N2.2CO2.CH4/c2*1-10(2,3)12-6-7-4-8(11)9(12)5-7;2*2-1-3;/h2*7-9H,4-6,11H2,1-3H3;;;1H4. The van der Waals surface area contributed by atoms with Gasteiger partial charge in [-0.15, -0.1) is 0 Å². The number of likely N-dealkylation sites (tertiary alicyclic amines) is 2. The summed E-state index contributed by atoms with van der Waals surface area (Å²) in [6.45, 7) is 16.3. The molecule has 8 nitrogen and oxygen atoms in total. The lowest BCUT2D eigenvalue weighted by Gasteiger charge is -2.41. The number of hydrogen-bond donors (Lipinski definition) is 2. The number of hydrogen-bond acceptors (Lipinski definition) is 8. The maximum absolute atomic E-state index is 8.12. The van der Waals surface area contributed by atoms with E-state index in [9.17, 15) is 0 Å². The van der Waals surface area contributed by atoms with E-state index >= 15 is 0 Å². The molecule has 31 heavy (non-hydrogen) atoms. The first-order valence-electron chi connectivity index (χ1n) is 10.8. The van der Waals surface area contributed by atoms with Crippen molar-refractivity contribution in [3.05, 3.63) is 0 Å². The predicted octanol–water partition coefficient (Wildman–Crippen LogP) is 1.88. The lowest BCUT2D eigenvalue weighted by atomic mass is 9.99. The van der Waals surface area contributed by atoms with Gasteiger partial charge < -0.3 is 11.5 Å². The SMILES string of the molecule is C.CC(C)(C)N1CC2CC(N)C1C2.CC(C)(C)N1CC2CC(N)C1C2.O=C=O.O=C=O. The van der Waals surface area contributed by atoms with Crippen molar-refractivity contribution in [2.45, 2.75) is 110 Å². The average Bonchev–Trinajstić information content (AvgIpc) is 3.33. The zero-order valence-electron chi connectivity index (χ0n) is 19.4. The van der Waals surface area contributed by atoms with Gasteiger partial charge in [-0.2, -0.15) is 19.2 Å². The third-order valence-corrected chi connectivity index (χ3v) is 6.78. The fourth-order valence-electron chi connectivity index (χ4n) is 5.69. The van der Waals surface area contributed by atoms with Gasteiger partial charge in [-0.3, -0.25) is 9.80 Å². The zero-order valence-corrected chi connectivity index (χ0v) is 19.4. The number of carbonyl (C=O) groups excluding carboxylic acids is 4. The van der Waals surface area contributed by atoms with Gasteiger partial charge in [-0.1, -0.05) is 7.43 Å². The lowest BCUT2D eigenvalue weighted by Crippen LogP contribution is -2.53. The van der Waals surface area contributed by atoms with E-state index in [1.165, 1.54) is 38.8 Å². The zero-order chi connectivity index (χ0) is 23.3. The fourth-order valence-corrected chi connectivity index (χ4v) is 5.69. The second kappa shape index (κ2) is 12.0. The normalized spacial score (nSPS) is 33.4. The summed E-state index contributed by atoms with van der Waals surface area (Å²) in [6.07, 6.45) is 5.71. The molecular formula is C23H44N4O4. The van der Waals surface area contributed by atoms with Crippen LogP contribution in [0.15, 0.2) is 0 Å². The van der Waals surface area contributed by atoms with Gasteiger partial charge in [-0.05, 0) is 79.1 Å². The van der Waals surface area contributed by atoms with Crippen molar-refractivity contribution in [3.8, 4) is 0 Å². The van der Waals surface area contributed by atoms with Crippen molar-refractivity contribution < 1.29 is 19.2 Å². The third-order valence-electron chi connectivity index (χ3n) is 6.78.